The second-order valence-corrected chi connectivity index (χ2v) is 6.47. The lowest BCUT2D eigenvalue weighted by Gasteiger charge is -2.16. The average Bonchev–Trinajstić information content (AvgIpc) is 2.62. The zero-order valence-electron chi connectivity index (χ0n) is 14.4. The topological polar surface area (TPSA) is 121 Å². The number of hydrogen-bond donors (Lipinski definition) is 6. The Kier molecular flexibility index (Phi) is 8.31. The maximum Gasteiger partial charge on any atom is 0.488 e. The summed E-state index contributed by atoms with van der Waals surface area (Å²) in [6.45, 7) is 3.69. The molecular formula is C17H24B2O6. The first kappa shape index (κ1) is 21.4. The Balaban J connectivity index is 0.000000381. The van der Waals surface area contributed by atoms with Gasteiger partial charge in [-0.05, 0) is 22.1 Å². The van der Waals surface area contributed by atoms with Crippen LogP contribution in [0.3, 0.4) is 0 Å². The van der Waals surface area contributed by atoms with Crippen molar-refractivity contribution >= 4 is 25.2 Å². The predicted octanol–water partition coefficient (Wildman–Crippen LogP) is -1.29. The first-order valence-electron chi connectivity index (χ1n) is 7.84. The van der Waals surface area contributed by atoms with Gasteiger partial charge in [-0.2, -0.15) is 0 Å². The molecule has 0 heterocycles. The van der Waals surface area contributed by atoms with Gasteiger partial charge in [-0.3, -0.25) is 0 Å². The first-order valence-corrected chi connectivity index (χ1v) is 7.84. The Labute approximate surface area is 148 Å². The lowest BCUT2D eigenvalue weighted by Crippen LogP contribution is -2.29. The fourth-order valence-corrected chi connectivity index (χ4v) is 1.75. The molecule has 0 saturated heterocycles. The minimum Gasteiger partial charge on any atom is -0.423 e. The highest BCUT2D eigenvalue weighted by atomic mass is 16.4. The largest absolute Gasteiger partial charge is 0.488 e. The molecular weight excluding hydrogens is 322 g/mol. The summed E-state index contributed by atoms with van der Waals surface area (Å²) >= 11 is 0. The summed E-state index contributed by atoms with van der Waals surface area (Å²) < 4.78 is 0. The second kappa shape index (κ2) is 9.72. The zero-order valence-corrected chi connectivity index (χ0v) is 14.4. The molecule has 2 aromatic carbocycles. The summed E-state index contributed by atoms with van der Waals surface area (Å²) in [5, 5.41) is 52.8. The molecule has 0 aliphatic rings. The van der Waals surface area contributed by atoms with E-state index in [2.05, 4.69) is 0 Å². The van der Waals surface area contributed by atoms with Crippen molar-refractivity contribution in [1.82, 2.24) is 0 Å². The molecule has 0 atom stereocenters. The third-order valence-electron chi connectivity index (χ3n) is 3.61. The molecule has 0 amide bonds. The molecule has 0 aliphatic heterocycles. The summed E-state index contributed by atoms with van der Waals surface area (Å²) in [4.78, 5) is 0. The maximum atomic E-state index is 8.98. The van der Waals surface area contributed by atoms with Gasteiger partial charge in [0.05, 0.1) is 13.2 Å². The van der Waals surface area contributed by atoms with Crippen molar-refractivity contribution < 1.29 is 30.3 Å². The molecule has 25 heavy (non-hydrogen) atoms. The summed E-state index contributed by atoms with van der Waals surface area (Å²) in [5.74, 6) is 0. The Hall–Kier alpha value is -1.67. The molecule has 0 aliphatic carbocycles. The van der Waals surface area contributed by atoms with Crippen LogP contribution in [0.25, 0.3) is 11.1 Å². The number of benzene rings is 2. The minimum atomic E-state index is -1.47. The van der Waals surface area contributed by atoms with Crippen molar-refractivity contribution in [2.75, 3.05) is 13.2 Å². The van der Waals surface area contributed by atoms with Crippen LogP contribution >= 0.6 is 0 Å². The molecule has 0 bridgehead atoms. The van der Waals surface area contributed by atoms with Gasteiger partial charge in [0, 0.05) is 5.41 Å². The van der Waals surface area contributed by atoms with Gasteiger partial charge in [0.2, 0.25) is 0 Å². The normalized spacial score (nSPS) is 10.7. The Bertz CT molecular complexity index is 571. The molecule has 0 saturated carbocycles. The predicted molar refractivity (Wildman–Crippen MR) is 99.5 cm³/mol. The van der Waals surface area contributed by atoms with E-state index in [0.717, 1.165) is 11.1 Å². The molecule has 134 valence electrons. The molecule has 0 radical (unpaired) electrons. The van der Waals surface area contributed by atoms with Gasteiger partial charge in [-0.25, -0.2) is 0 Å². The highest BCUT2D eigenvalue weighted by Gasteiger charge is 2.13. The van der Waals surface area contributed by atoms with E-state index in [1.165, 1.54) is 0 Å². The van der Waals surface area contributed by atoms with Gasteiger partial charge in [0.25, 0.3) is 0 Å². The standard InChI is InChI=1S/C12H12B2O4.C5H12O2/c15-13(16)11-5-1-9(2-6-11)10-3-7-12(8-4-10)14(17)18;1-5(2,3-6)4-7/h1-8,15-18H;6-7H,3-4H2,1-2H3. The lowest BCUT2D eigenvalue weighted by molar-refractivity contribution is 0.0857. The number of rotatable bonds is 5. The fourth-order valence-electron chi connectivity index (χ4n) is 1.75. The molecule has 0 spiro atoms. The lowest BCUT2D eigenvalue weighted by atomic mass is 9.78. The van der Waals surface area contributed by atoms with Gasteiger partial charge in [-0.15, -0.1) is 0 Å². The summed E-state index contributed by atoms with van der Waals surface area (Å²) in [6, 6.07) is 13.6. The van der Waals surface area contributed by atoms with Crippen LogP contribution in [0.4, 0.5) is 0 Å². The van der Waals surface area contributed by atoms with E-state index in [0.29, 0.717) is 10.9 Å². The van der Waals surface area contributed by atoms with Crippen molar-refractivity contribution in [3.8, 4) is 11.1 Å². The molecule has 6 N–H and O–H groups in total. The SMILES string of the molecule is CC(C)(CO)CO.OB(O)c1ccc(-c2ccc(B(O)O)cc2)cc1. The van der Waals surface area contributed by atoms with Gasteiger partial charge in [-0.1, -0.05) is 62.4 Å². The van der Waals surface area contributed by atoms with Crippen LogP contribution in [0.1, 0.15) is 13.8 Å². The van der Waals surface area contributed by atoms with E-state index < -0.39 is 14.2 Å². The van der Waals surface area contributed by atoms with Crippen LogP contribution in [-0.4, -0.2) is 57.8 Å². The highest BCUT2D eigenvalue weighted by Crippen LogP contribution is 2.16. The third-order valence-corrected chi connectivity index (χ3v) is 3.61. The van der Waals surface area contributed by atoms with Gasteiger partial charge in [0.1, 0.15) is 0 Å². The third kappa shape index (κ3) is 6.99. The fraction of sp³-hybridized carbons (Fsp3) is 0.294. The Morgan fingerprint density at radius 1 is 0.640 bits per heavy atom. The average molecular weight is 346 g/mol. The van der Waals surface area contributed by atoms with Gasteiger partial charge < -0.3 is 30.3 Å². The van der Waals surface area contributed by atoms with Crippen LogP contribution < -0.4 is 10.9 Å². The Morgan fingerprint density at radius 2 is 0.920 bits per heavy atom. The summed E-state index contributed by atoms with van der Waals surface area (Å²) in [6.07, 6.45) is 0. The first-order chi connectivity index (χ1) is 11.7. The molecule has 0 fully saturated rings. The molecule has 0 aromatic heterocycles. The number of aliphatic hydroxyl groups is 2. The van der Waals surface area contributed by atoms with Crippen LogP contribution in [0.15, 0.2) is 48.5 Å². The van der Waals surface area contributed by atoms with Crippen molar-refractivity contribution in [2.24, 2.45) is 5.41 Å². The molecule has 2 rings (SSSR count). The van der Waals surface area contributed by atoms with Crippen LogP contribution in [0.2, 0.25) is 0 Å². The van der Waals surface area contributed by atoms with Gasteiger partial charge >= 0.3 is 14.2 Å². The van der Waals surface area contributed by atoms with Crippen LogP contribution in [0.5, 0.6) is 0 Å². The van der Waals surface area contributed by atoms with E-state index in [4.69, 9.17) is 30.3 Å². The molecule has 0 unspecified atom stereocenters. The van der Waals surface area contributed by atoms with Crippen molar-refractivity contribution in [3.05, 3.63) is 48.5 Å². The molecule has 8 heteroatoms. The monoisotopic (exact) mass is 346 g/mol. The summed E-state index contributed by atoms with van der Waals surface area (Å²) in [7, 11) is -2.93. The number of aliphatic hydroxyl groups excluding tert-OH is 2. The summed E-state index contributed by atoms with van der Waals surface area (Å²) in [5.41, 5.74) is 2.39. The maximum absolute atomic E-state index is 8.98. The van der Waals surface area contributed by atoms with E-state index >= 15 is 0 Å². The van der Waals surface area contributed by atoms with Crippen LogP contribution in [0, 0.1) is 5.41 Å². The van der Waals surface area contributed by atoms with Crippen molar-refractivity contribution in [2.45, 2.75) is 13.8 Å². The van der Waals surface area contributed by atoms with Gasteiger partial charge in [0.15, 0.2) is 0 Å². The number of hydrogen-bond acceptors (Lipinski definition) is 6. The van der Waals surface area contributed by atoms with Crippen LogP contribution in [-0.2, 0) is 0 Å². The smallest absolute Gasteiger partial charge is 0.423 e. The second-order valence-electron chi connectivity index (χ2n) is 6.47. The van der Waals surface area contributed by atoms with Crippen molar-refractivity contribution in [3.63, 3.8) is 0 Å². The minimum absolute atomic E-state index is 0.0451. The molecule has 6 nitrogen and oxygen atoms in total. The van der Waals surface area contributed by atoms with E-state index in [1.54, 1.807) is 62.4 Å². The van der Waals surface area contributed by atoms with Crippen molar-refractivity contribution in [1.29, 1.82) is 0 Å². The highest BCUT2D eigenvalue weighted by molar-refractivity contribution is 6.59. The van der Waals surface area contributed by atoms with E-state index in [-0.39, 0.29) is 18.6 Å². The van der Waals surface area contributed by atoms with E-state index in [1.807, 2.05) is 0 Å². The Morgan fingerprint density at radius 3 is 1.08 bits per heavy atom. The van der Waals surface area contributed by atoms with E-state index in [9.17, 15) is 0 Å². The zero-order chi connectivity index (χ0) is 19.0. The quantitative estimate of drug-likeness (QED) is 0.375. The molecule has 2 aromatic rings.